The van der Waals surface area contributed by atoms with Crippen LogP contribution in [0.15, 0.2) is 94.9 Å². The molecule has 2 unspecified atom stereocenters. The maximum absolute atomic E-state index is 13.2. The highest BCUT2D eigenvalue weighted by Crippen LogP contribution is 2.43. The molecular weight excluding hydrogens is 1720 g/mol. The van der Waals surface area contributed by atoms with Gasteiger partial charge in [-0.2, -0.15) is 0 Å². The second-order valence-corrected chi connectivity index (χ2v) is 32.7. The molecule has 39 heteroatoms. The number of rotatable bonds is 38. The molecule has 0 aliphatic carbocycles. The molecule has 127 heavy (non-hydrogen) atoms. The maximum Gasteiger partial charge on any atom is 0.306 e. The second kappa shape index (κ2) is 45.8. The number of carbonyl (C=O) groups is 12. The minimum Gasteiger partial charge on any atom is -0.485 e. The number of aryl methyl sites for hydroxylation is 4. The van der Waals surface area contributed by atoms with Crippen LogP contribution in [0.1, 0.15) is 200 Å². The summed E-state index contributed by atoms with van der Waals surface area (Å²) in [4.78, 5) is 163. The van der Waals surface area contributed by atoms with Gasteiger partial charge in [-0.1, -0.05) is 81.4 Å². The average Bonchev–Trinajstić information content (AvgIpc) is 1.60. The molecule has 6 aliphatic heterocycles. The van der Waals surface area contributed by atoms with E-state index in [0.29, 0.717) is 93.3 Å². The van der Waals surface area contributed by atoms with Crippen molar-refractivity contribution in [3.8, 4) is 21.5 Å². The Bertz CT molecular complexity index is 5470. The molecule has 35 nitrogen and oxygen atoms in total. The highest BCUT2D eigenvalue weighted by Gasteiger charge is 2.48. The summed E-state index contributed by atoms with van der Waals surface area (Å²) >= 11 is 15.6. The quantitative estimate of drug-likeness (QED) is 0.0177. The Morgan fingerprint density at radius 3 is 1.31 bits per heavy atom. The molecule has 0 radical (unpaired) electrons. The predicted octanol–water partition coefficient (Wildman–Crippen LogP) is 9.77. The van der Waals surface area contributed by atoms with E-state index in [1.165, 1.54) is 35.2 Å². The van der Waals surface area contributed by atoms with Gasteiger partial charge in [0, 0.05) is 87.6 Å². The Kier molecular flexibility index (Phi) is 35.2. The Balaban J connectivity index is 0.000000218. The minimum atomic E-state index is -1.11. The van der Waals surface area contributed by atoms with E-state index in [2.05, 4.69) is 69.4 Å². The molecule has 676 valence electrons. The summed E-state index contributed by atoms with van der Waals surface area (Å²) < 4.78 is 47.9. The first-order valence-electron chi connectivity index (χ1n) is 40.6. The van der Waals surface area contributed by atoms with Gasteiger partial charge in [-0.15, -0.1) is 43.1 Å². The van der Waals surface area contributed by atoms with E-state index in [1.807, 2.05) is 78.4 Å². The van der Waals surface area contributed by atoms with E-state index >= 15 is 0 Å². The van der Waals surface area contributed by atoms with E-state index < -0.39 is 89.9 Å². The fourth-order valence-electron chi connectivity index (χ4n) is 14.4. The maximum atomic E-state index is 13.2. The summed E-state index contributed by atoms with van der Waals surface area (Å²) in [5, 5.41) is 39.7. The number of amides is 10. The number of benzene rings is 4. The molecule has 5 N–H and O–H groups in total. The number of carbonyl (C=O) groups excluding carboxylic acids is 11. The lowest BCUT2D eigenvalue weighted by Gasteiger charge is -2.27. The Hall–Kier alpha value is -11.5. The molecule has 0 saturated carbocycles. The number of thiophene rings is 2. The lowest BCUT2D eigenvalue weighted by molar-refractivity contribution is -0.138. The second-order valence-electron chi connectivity index (χ2n) is 29.5. The molecule has 4 aromatic carbocycles. The number of hydrogen-bond acceptors (Lipinski definition) is 28. The third-order valence-corrected chi connectivity index (χ3v) is 23.7. The number of nitrogens with zero attached hydrogens (tertiary/aromatic N) is 10. The number of carboxylic acids is 1. The van der Waals surface area contributed by atoms with Crippen molar-refractivity contribution in [2.24, 2.45) is 9.98 Å². The number of aliphatic imine (C=N–C) groups is 2. The summed E-state index contributed by atoms with van der Waals surface area (Å²) in [7, 11) is 0. The third kappa shape index (κ3) is 23.6. The number of ketones is 1. The van der Waals surface area contributed by atoms with Gasteiger partial charge in [0.1, 0.15) is 63.9 Å². The van der Waals surface area contributed by atoms with Crippen LogP contribution in [-0.4, -0.2) is 244 Å². The smallest absolute Gasteiger partial charge is 0.306 e. The van der Waals surface area contributed by atoms with Gasteiger partial charge in [0.05, 0.1) is 113 Å². The van der Waals surface area contributed by atoms with Gasteiger partial charge >= 0.3 is 5.97 Å². The molecular formula is C88H102Cl2N14O21S2. The zero-order valence-electron chi connectivity index (χ0n) is 69.7. The first kappa shape index (κ1) is 97.7. The van der Waals surface area contributed by atoms with Crippen LogP contribution in [0, 0.1) is 41.5 Å². The number of aromatic nitrogens is 6. The number of piperidine rings is 2. The number of aliphatic carboxylic acids is 1. The molecule has 2 saturated heterocycles. The monoisotopic (exact) mass is 1820 g/mol. The SMILES string of the molecule is C.C.CCCOCCOCCOCCCC(=O)COc1cccc2c1C(=O)N(C1CCC(=O)NC1=O)C2=O.Cc1sc2c(c1C)C(c1ccc(Cl)cc1)=N[C@@H](CC(=O)NCCOCCOCCOCCNC(=O)COc1cccc3c1C(=O)N(C1CCC(=O)NC1=O)C3=O)c1nnc(C)n1-2.Cc1sc2c(c1C)C(c1ccc(Cl)cc1)=N[C@@H](CC(=O)O)c1nnc(C)n1-2. The topological polar surface area (TPSA) is 440 Å². The molecule has 6 aliphatic rings. The van der Waals surface area contributed by atoms with Crippen molar-refractivity contribution in [3.05, 3.63) is 184 Å². The number of nitrogens with one attached hydrogen (secondary N) is 4. The van der Waals surface area contributed by atoms with Crippen LogP contribution in [0.4, 0.5) is 0 Å². The van der Waals surface area contributed by atoms with Crippen molar-refractivity contribution in [2.45, 2.75) is 145 Å². The van der Waals surface area contributed by atoms with Crippen LogP contribution in [0.25, 0.3) is 10.0 Å². The van der Waals surface area contributed by atoms with Crippen LogP contribution in [0.3, 0.4) is 0 Å². The zero-order valence-corrected chi connectivity index (χ0v) is 72.9. The minimum absolute atomic E-state index is 0. The van der Waals surface area contributed by atoms with Crippen LogP contribution in [0.2, 0.25) is 10.0 Å². The van der Waals surface area contributed by atoms with Crippen molar-refractivity contribution >= 4 is 128 Å². The van der Waals surface area contributed by atoms with E-state index in [0.717, 1.165) is 88.3 Å². The summed E-state index contributed by atoms with van der Waals surface area (Å²) in [6.45, 7) is 18.7. The molecule has 10 heterocycles. The molecule has 4 aromatic heterocycles. The van der Waals surface area contributed by atoms with Crippen molar-refractivity contribution in [1.82, 2.24) is 60.6 Å². The number of ether oxygens (including phenoxy) is 8. The van der Waals surface area contributed by atoms with Crippen LogP contribution in [-0.2, 0) is 66.8 Å². The summed E-state index contributed by atoms with van der Waals surface area (Å²) in [6.07, 6.45) is 1.76. The lowest BCUT2D eigenvalue weighted by atomic mass is 9.99. The Morgan fingerprint density at radius 2 is 0.890 bits per heavy atom. The first-order chi connectivity index (χ1) is 60.2. The average molecular weight is 1830 g/mol. The van der Waals surface area contributed by atoms with Gasteiger partial charge in [-0.3, -0.25) is 97.1 Å². The largest absolute Gasteiger partial charge is 0.485 e. The van der Waals surface area contributed by atoms with Crippen LogP contribution in [0.5, 0.6) is 11.5 Å². The van der Waals surface area contributed by atoms with Crippen molar-refractivity contribution in [3.63, 3.8) is 0 Å². The predicted molar refractivity (Wildman–Crippen MR) is 470 cm³/mol. The fraction of sp³-hybridized carbons (Fsp3) is 0.432. The third-order valence-electron chi connectivity index (χ3n) is 20.8. The van der Waals surface area contributed by atoms with Gasteiger partial charge < -0.3 is 53.6 Å². The van der Waals surface area contributed by atoms with Gasteiger partial charge in [0.15, 0.2) is 24.0 Å². The Morgan fingerprint density at radius 1 is 0.488 bits per heavy atom. The number of imide groups is 4. The number of carboxylic acid groups (broad SMARTS) is 1. The van der Waals surface area contributed by atoms with Gasteiger partial charge in [-0.25, -0.2) is 0 Å². The fourth-order valence-corrected chi connectivity index (χ4v) is 17.1. The lowest BCUT2D eigenvalue weighted by Crippen LogP contribution is -2.54. The number of hydrogen-bond donors (Lipinski definition) is 5. The number of halogens is 2. The van der Waals surface area contributed by atoms with Crippen LogP contribution < -0.4 is 30.7 Å². The van der Waals surface area contributed by atoms with Gasteiger partial charge in [-0.05, 0) is 127 Å². The zero-order chi connectivity index (χ0) is 89.1. The van der Waals surface area contributed by atoms with Crippen molar-refractivity contribution < 1.29 is 101 Å². The summed E-state index contributed by atoms with van der Waals surface area (Å²) in [6, 6.07) is 20.5. The standard InChI is InChI=1S/C42H45ClN8O10S.C25H32N2O9.C19H17ClN4O2S.2CH4/c1-23-24(2)62-42-35(23)37(26-7-9-27(43)10-8-26)46-29(38-49-48-25(3)50(38)42)21-33(53)44-13-15-58-17-19-60-20-18-59-16-14-45-34(54)22-61-31-6-4-5-28-36(31)41(57)51(40(28)56)30-11-12-32(52)47-39(30)55;1-2-10-33-12-14-35-15-13-34-11-4-5-17(28)16-36-20-7-3-6-18-22(20)25(32)27(24(18)31)19-8-9-21(29)26-23(19)30;1-9-10(2)27-19-16(9)17(12-4-6-13(20)7-5-12)21-14(8-15(25)26)18-23-22-11(3)24(18)19;;/h4-10,29-30H,11-22H2,1-3H3,(H,44,53)(H,45,54)(H,47,52,55);3,6-7,19H,2,4-5,8-16H2,1H3,(H,26,29,30);4-7,14H,8H2,1-3H3,(H,25,26);2*1H4/t29-,30?;;14-;;/m0.0../s1. The number of fused-ring (bicyclic) bond motifs is 8. The highest BCUT2D eigenvalue weighted by atomic mass is 35.5. The molecule has 14 rings (SSSR count). The van der Waals surface area contributed by atoms with Gasteiger partial charge in [0.25, 0.3) is 29.5 Å². The van der Waals surface area contributed by atoms with Gasteiger partial charge in [0.2, 0.25) is 29.5 Å². The molecule has 10 amide bonds. The first-order valence-corrected chi connectivity index (χ1v) is 43.0. The van der Waals surface area contributed by atoms with E-state index in [1.54, 1.807) is 28.7 Å². The van der Waals surface area contributed by atoms with E-state index in [9.17, 15) is 62.6 Å². The van der Waals surface area contributed by atoms with Crippen LogP contribution >= 0.6 is 45.9 Å². The van der Waals surface area contributed by atoms with Crippen molar-refractivity contribution in [1.29, 1.82) is 0 Å². The van der Waals surface area contributed by atoms with Crippen molar-refractivity contribution in [2.75, 3.05) is 106 Å². The van der Waals surface area contributed by atoms with E-state index in [-0.39, 0.29) is 138 Å². The number of Topliss-reactive ketones (excluding diaryl/α,β-unsaturated/α-hetero) is 1. The normalized spacial score (nSPS) is 16.5. The molecule has 2 fully saturated rings. The molecule has 0 bridgehead atoms. The molecule has 4 atom stereocenters. The summed E-state index contributed by atoms with van der Waals surface area (Å²) in [5.74, 6) is -4.08. The van der Waals surface area contributed by atoms with E-state index in [4.69, 9.17) is 71.1 Å². The highest BCUT2D eigenvalue weighted by molar-refractivity contribution is 7.15. The Labute approximate surface area is 750 Å². The molecule has 8 aromatic rings. The molecule has 0 spiro atoms. The summed E-state index contributed by atoms with van der Waals surface area (Å²) in [5.41, 5.74) is 7.69.